The lowest BCUT2D eigenvalue weighted by molar-refractivity contribution is -0.143. The average molecular weight is 355 g/mol. The molecule has 0 aromatic carbocycles. The molecule has 2 aromatic heterocycles. The lowest BCUT2D eigenvalue weighted by Gasteiger charge is -2.40. The summed E-state index contributed by atoms with van der Waals surface area (Å²) in [4.78, 5) is 17.8. The van der Waals surface area contributed by atoms with Crippen LogP contribution in [0.1, 0.15) is 19.3 Å². The second-order valence-corrected chi connectivity index (χ2v) is 6.95. The van der Waals surface area contributed by atoms with E-state index in [1.54, 1.807) is 12.4 Å². The molecule has 0 atom stereocenters. The molecule has 1 amide bonds. The number of aromatic nitrogens is 4. The van der Waals surface area contributed by atoms with Crippen LogP contribution in [0.5, 0.6) is 0 Å². The summed E-state index contributed by atoms with van der Waals surface area (Å²) in [7, 11) is 0. The molecule has 0 unspecified atom stereocenters. The first-order valence-electron chi connectivity index (χ1n) is 9.32. The van der Waals surface area contributed by atoms with Crippen LogP contribution in [-0.4, -0.2) is 70.1 Å². The monoisotopic (exact) mass is 355 g/mol. The fraction of sp³-hybridized carbons (Fsp3) is 0.556. The van der Waals surface area contributed by atoms with Gasteiger partial charge in [0.15, 0.2) is 5.82 Å². The molecule has 2 saturated heterocycles. The van der Waals surface area contributed by atoms with Crippen LogP contribution in [0.15, 0.2) is 36.8 Å². The molecule has 1 N–H and O–H groups in total. The number of carbonyl (C=O) groups is 1. The van der Waals surface area contributed by atoms with Gasteiger partial charge in [-0.2, -0.15) is 10.2 Å². The first-order chi connectivity index (χ1) is 12.8. The quantitative estimate of drug-likeness (QED) is 0.863. The van der Waals surface area contributed by atoms with Gasteiger partial charge in [0.2, 0.25) is 0 Å². The van der Waals surface area contributed by atoms with Crippen LogP contribution in [-0.2, 0) is 10.3 Å². The van der Waals surface area contributed by atoms with E-state index in [1.165, 1.54) is 0 Å². The largest absolute Gasteiger partial charge is 0.353 e. The van der Waals surface area contributed by atoms with Crippen LogP contribution in [0.4, 0.5) is 5.82 Å². The van der Waals surface area contributed by atoms with Crippen molar-refractivity contribution in [1.82, 2.24) is 30.2 Å². The van der Waals surface area contributed by atoms with Crippen molar-refractivity contribution in [3.8, 4) is 0 Å². The number of amides is 1. The van der Waals surface area contributed by atoms with Gasteiger partial charge >= 0.3 is 0 Å². The molecular weight excluding hydrogens is 330 g/mol. The summed E-state index contributed by atoms with van der Waals surface area (Å²) >= 11 is 0. The Hall–Kier alpha value is -2.48. The van der Waals surface area contributed by atoms with Gasteiger partial charge in [0.1, 0.15) is 5.54 Å². The number of nitrogens with zero attached hydrogens (tertiary/aromatic N) is 6. The molecule has 0 bridgehead atoms. The van der Waals surface area contributed by atoms with E-state index in [0.29, 0.717) is 6.54 Å². The highest BCUT2D eigenvalue weighted by atomic mass is 16.2. The van der Waals surface area contributed by atoms with Gasteiger partial charge in [0.05, 0.1) is 0 Å². The maximum absolute atomic E-state index is 13.6. The molecule has 138 valence electrons. The average Bonchev–Trinajstić information content (AvgIpc) is 3.14. The SMILES string of the molecule is O=C(N1CCCN(c2cccnn2)CC1)C1(n2cccn2)CCNCC1. The number of nitrogens with one attached hydrogen (secondary N) is 1. The van der Waals surface area contributed by atoms with Crippen molar-refractivity contribution in [3.05, 3.63) is 36.8 Å². The zero-order chi connectivity index (χ0) is 17.8. The van der Waals surface area contributed by atoms with Crippen LogP contribution in [0, 0.1) is 0 Å². The van der Waals surface area contributed by atoms with E-state index in [9.17, 15) is 4.79 Å². The minimum absolute atomic E-state index is 0.198. The minimum atomic E-state index is -0.559. The molecular formula is C18H25N7O. The maximum Gasteiger partial charge on any atom is 0.250 e. The topological polar surface area (TPSA) is 79.2 Å². The zero-order valence-electron chi connectivity index (χ0n) is 14.9. The van der Waals surface area contributed by atoms with Gasteiger partial charge in [-0.3, -0.25) is 9.48 Å². The Morgan fingerprint density at radius 1 is 1.08 bits per heavy atom. The fourth-order valence-corrected chi connectivity index (χ4v) is 4.01. The Morgan fingerprint density at radius 3 is 2.69 bits per heavy atom. The summed E-state index contributed by atoms with van der Waals surface area (Å²) in [5.41, 5.74) is -0.559. The molecule has 2 aliphatic rings. The maximum atomic E-state index is 13.6. The van der Waals surface area contributed by atoms with Crippen LogP contribution in [0.25, 0.3) is 0 Å². The van der Waals surface area contributed by atoms with Crippen molar-refractivity contribution in [1.29, 1.82) is 0 Å². The van der Waals surface area contributed by atoms with Crippen molar-refractivity contribution < 1.29 is 4.79 Å². The Labute approximate surface area is 153 Å². The fourth-order valence-electron chi connectivity index (χ4n) is 4.01. The van der Waals surface area contributed by atoms with Crippen LogP contribution >= 0.6 is 0 Å². The van der Waals surface area contributed by atoms with Crippen LogP contribution < -0.4 is 10.2 Å². The van der Waals surface area contributed by atoms with Gasteiger partial charge in [0, 0.05) is 44.8 Å². The number of carbonyl (C=O) groups excluding carboxylic acids is 1. The summed E-state index contributed by atoms with van der Waals surface area (Å²) in [6.07, 6.45) is 7.84. The van der Waals surface area contributed by atoms with E-state index in [-0.39, 0.29) is 5.91 Å². The third-order valence-electron chi connectivity index (χ3n) is 5.44. The minimum Gasteiger partial charge on any atom is -0.353 e. The molecule has 8 heteroatoms. The number of piperidine rings is 1. The Morgan fingerprint density at radius 2 is 1.96 bits per heavy atom. The zero-order valence-corrected chi connectivity index (χ0v) is 14.9. The van der Waals surface area contributed by atoms with Gasteiger partial charge in [-0.05, 0) is 50.6 Å². The molecule has 0 spiro atoms. The van der Waals surface area contributed by atoms with Crippen molar-refractivity contribution in [2.45, 2.75) is 24.8 Å². The highest BCUT2D eigenvalue weighted by Crippen LogP contribution is 2.30. The first kappa shape index (κ1) is 17.0. The van der Waals surface area contributed by atoms with E-state index >= 15 is 0 Å². The lowest BCUT2D eigenvalue weighted by Crippen LogP contribution is -2.56. The second kappa shape index (κ2) is 7.41. The van der Waals surface area contributed by atoms with Crippen molar-refractivity contribution in [2.75, 3.05) is 44.2 Å². The Bertz CT molecular complexity index is 712. The van der Waals surface area contributed by atoms with Crippen molar-refractivity contribution in [3.63, 3.8) is 0 Å². The first-order valence-corrected chi connectivity index (χ1v) is 9.32. The molecule has 2 aliphatic heterocycles. The molecule has 0 aliphatic carbocycles. The molecule has 0 saturated carbocycles. The Balaban J connectivity index is 1.52. The summed E-state index contributed by atoms with van der Waals surface area (Å²) in [5.74, 6) is 1.08. The van der Waals surface area contributed by atoms with E-state index in [2.05, 4.69) is 25.5 Å². The molecule has 26 heavy (non-hydrogen) atoms. The summed E-state index contributed by atoms with van der Waals surface area (Å²) < 4.78 is 1.88. The van der Waals surface area contributed by atoms with E-state index in [1.807, 2.05) is 34.0 Å². The van der Waals surface area contributed by atoms with Crippen molar-refractivity contribution in [2.24, 2.45) is 0 Å². The summed E-state index contributed by atoms with van der Waals surface area (Å²) in [6, 6.07) is 5.77. The summed E-state index contributed by atoms with van der Waals surface area (Å²) in [6.45, 7) is 4.81. The third-order valence-corrected chi connectivity index (χ3v) is 5.44. The molecule has 8 nitrogen and oxygen atoms in total. The van der Waals surface area contributed by atoms with Gasteiger partial charge in [-0.1, -0.05) is 0 Å². The molecule has 4 rings (SSSR count). The number of anilines is 1. The normalized spacial score (nSPS) is 20.6. The predicted molar refractivity (Wildman–Crippen MR) is 97.7 cm³/mol. The predicted octanol–water partition coefficient (Wildman–Crippen LogP) is 0.491. The lowest BCUT2D eigenvalue weighted by atomic mass is 9.86. The van der Waals surface area contributed by atoms with Crippen LogP contribution in [0.2, 0.25) is 0 Å². The molecule has 4 heterocycles. The Kier molecular flexibility index (Phi) is 4.83. The highest BCUT2D eigenvalue weighted by molar-refractivity contribution is 5.84. The number of rotatable bonds is 3. The van der Waals surface area contributed by atoms with Gasteiger partial charge in [0.25, 0.3) is 5.91 Å². The van der Waals surface area contributed by atoms with Crippen molar-refractivity contribution >= 4 is 11.7 Å². The van der Waals surface area contributed by atoms with Gasteiger partial charge < -0.3 is 15.1 Å². The molecule has 0 radical (unpaired) electrons. The van der Waals surface area contributed by atoms with Gasteiger partial charge in [-0.15, -0.1) is 5.10 Å². The van der Waals surface area contributed by atoms with E-state index in [4.69, 9.17) is 0 Å². The molecule has 2 aromatic rings. The number of hydrogen-bond acceptors (Lipinski definition) is 6. The molecule has 2 fully saturated rings. The summed E-state index contributed by atoms with van der Waals surface area (Å²) in [5, 5.41) is 16.0. The second-order valence-electron chi connectivity index (χ2n) is 6.95. The van der Waals surface area contributed by atoms with Crippen LogP contribution in [0.3, 0.4) is 0 Å². The van der Waals surface area contributed by atoms with Gasteiger partial charge in [-0.25, -0.2) is 0 Å². The van der Waals surface area contributed by atoms with E-state index < -0.39 is 5.54 Å². The highest BCUT2D eigenvalue weighted by Gasteiger charge is 2.44. The third kappa shape index (κ3) is 3.16. The standard InChI is InChI=1S/C18H25N7O/c26-17(18(5-9-19-10-6-18)25-13-2-8-21-25)24-12-3-11-23(14-15-24)16-4-1-7-20-22-16/h1-2,4,7-8,13,19H,3,5-6,9-12,14-15H2. The van der Waals surface area contributed by atoms with E-state index in [0.717, 1.165) is 57.8 Å². The number of hydrogen-bond donors (Lipinski definition) is 1. The smallest absolute Gasteiger partial charge is 0.250 e.